The molecular formula is C35H42FNO7. The second-order valence-electron chi connectivity index (χ2n) is 14.3. The number of phenolic OH excluding ortho intramolecular Hbond substituents is 1. The van der Waals surface area contributed by atoms with Gasteiger partial charge < -0.3 is 26.2 Å². The van der Waals surface area contributed by atoms with Crippen LogP contribution in [-0.2, 0) is 16.0 Å². The van der Waals surface area contributed by atoms with Gasteiger partial charge in [-0.1, -0.05) is 65.8 Å². The Bertz CT molecular complexity index is 1570. The van der Waals surface area contributed by atoms with E-state index in [-0.39, 0.29) is 41.8 Å². The van der Waals surface area contributed by atoms with Gasteiger partial charge in [-0.15, -0.1) is 0 Å². The molecule has 2 saturated carbocycles. The summed E-state index contributed by atoms with van der Waals surface area (Å²) in [5, 5.41) is 47.1. The van der Waals surface area contributed by atoms with Gasteiger partial charge in [0.25, 0.3) is 0 Å². The van der Waals surface area contributed by atoms with Crippen molar-refractivity contribution in [1.29, 1.82) is 0 Å². The number of carbonyl (C=O) groups excluding carboxylic acids is 3. The van der Waals surface area contributed by atoms with Crippen LogP contribution >= 0.6 is 0 Å². The average Bonchev–Trinajstić information content (AvgIpc) is 2.90. The van der Waals surface area contributed by atoms with Crippen molar-refractivity contribution in [3.8, 4) is 5.75 Å². The lowest BCUT2D eigenvalue weighted by Crippen LogP contribution is -2.79. The lowest BCUT2D eigenvalue weighted by atomic mass is 9.39. The molecule has 0 bridgehead atoms. The maximum atomic E-state index is 14.5. The van der Waals surface area contributed by atoms with Gasteiger partial charge in [0, 0.05) is 11.0 Å². The fourth-order valence-corrected chi connectivity index (χ4v) is 9.05. The highest BCUT2D eigenvalue weighted by molar-refractivity contribution is 6.09. The summed E-state index contributed by atoms with van der Waals surface area (Å²) in [5.41, 5.74) is 3.14. The number of aliphatic hydroxyl groups is 3. The Balaban J connectivity index is 1.69. The van der Waals surface area contributed by atoms with Gasteiger partial charge in [-0.2, -0.15) is 0 Å². The highest BCUT2D eigenvalue weighted by atomic mass is 19.1. The average molecular weight is 608 g/mol. The molecule has 9 heteroatoms. The fourth-order valence-electron chi connectivity index (χ4n) is 9.05. The molecule has 236 valence electrons. The van der Waals surface area contributed by atoms with Crippen LogP contribution in [-0.4, -0.2) is 55.7 Å². The Labute approximate surface area is 256 Å². The van der Waals surface area contributed by atoms with Gasteiger partial charge >= 0.3 is 0 Å². The molecule has 0 saturated heterocycles. The van der Waals surface area contributed by atoms with Gasteiger partial charge in [0.15, 0.2) is 17.2 Å². The maximum absolute atomic E-state index is 14.5. The Hall–Kier alpha value is -3.40. The van der Waals surface area contributed by atoms with Crippen molar-refractivity contribution < 1.29 is 39.2 Å². The van der Waals surface area contributed by atoms with Gasteiger partial charge in [0.1, 0.15) is 23.6 Å². The first-order valence-corrected chi connectivity index (χ1v) is 15.2. The Kier molecular flexibility index (Phi) is 7.71. The third-order valence-corrected chi connectivity index (χ3v) is 10.8. The van der Waals surface area contributed by atoms with E-state index in [1.54, 1.807) is 31.2 Å². The molecule has 0 aliphatic heterocycles. The summed E-state index contributed by atoms with van der Waals surface area (Å²) in [4.78, 5) is 40.8. The molecule has 1 amide bonds. The molecule has 3 aliphatic rings. The van der Waals surface area contributed by atoms with E-state index in [9.17, 15) is 39.2 Å². The highest BCUT2D eigenvalue weighted by Gasteiger charge is 2.76. The minimum absolute atomic E-state index is 0.0267. The molecule has 0 radical (unpaired) electrons. The van der Waals surface area contributed by atoms with E-state index in [4.69, 9.17) is 5.73 Å². The lowest BCUT2D eigenvalue weighted by Gasteiger charge is -2.66. The van der Waals surface area contributed by atoms with Crippen LogP contribution in [0.3, 0.4) is 0 Å². The predicted octanol–water partition coefficient (Wildman–Crippen LogP) is 4.01. The van der Waals surface area contributed by atoms with Gasteiger partial charge in [0.2, 0.25) is 5.91 Å². The van der Waals surface area contributed by atoms with E-state index >= 15 is 0 Å². The zero-order valence-corrected chi connectivity index (χ0v) is 26.0. The van der Waals surface area contributed by atoms with Gasteiger partial charge in [-0.3, -0.25) is 14.4 Å². The molecule has 8 atom stereocenters. The summed E-state index contributed by atoms with van der Waals surface area (Å²) in [6.07, 6.45) is 0.261. The quantitative estimate of drug-likeness (QED) is 0.254. The molecular weight excluding hydrogens is 565 g/mol. The largest absolute Gasteiger partial charge is 0.507 e. The predicted molar refractivity (Wildman–Crippen MR) is 163 cm³/mol. The smallest absolute Gasteiger partial charge is 0.230 e. The Morgan fingerprint density at radius 3 is 2.23 bits per heavy atom. The zero-order valence-electron chi connectivity index (χ0n) is 26.0. The van der Waals surface area contributed by atoms with Crippen LogP contribution in [0.2, 0.25) is 0 Å². The summed E-state index contributed by atoms with van der Waals surface area (Å²) in [7, 11) is 0. The van der Waals surface area contributed by atoms with Crippen LogP contribution in [0.4, 0.5) is 4.39 Å². The Morgan fingerprint density at radius 2 is 1.68 bits per heavy atom. The summed E-state index contributed by atoms with van der Waals surface area (Å²) >= 11 is 0. The zero-order chi connectivity index (χ0) is 32.7. The fraction of sp³-hybridized carbons (Fsp3) is 0.514. The van der Waals surface area contributed by atoms with Crippen LogP contribution in [0.25, 0.3) is 12.2 Å². The van der Waals surface area contributed by atoms with E-state index in [2.05, 4.69) is 0 Å². The van der Waals surface area contributed by atoms with Crippen LogP contribution in [0.15, 0.2) is 30.3 Å². The minimum Gasteiger partial charge on any atom is -0.507 e. The molecule has 3 aliphatic carbocycles. The van der Waals surface area contributed by atoms with Gasteiger partial charge in [-0.05, 0) is 70.9 Å². The minimum atomic E-state index is -2.56. The molecule has 44 heavy (non-hydrogen) atoms. The number of Topliss-reactive ketones (excluding diaryl/α,β-unsaturated/α-hetero) is 2. The van der Waals surface area contributed by atoms with Crippen LogP contribution < -0.4 is 5.73 Å². The normalized spacial score (nSPS) is 35.1. The van der Waals surface area contributed by atoms with Crippen molar-refractivity contribution in [3.63, 3.8) is 0 Å². The number of rotatable bonds is 5. The van der Waals surface area contributed by atoms with Crippen molar-refractivity contribution in [1.82, 2.24) is 0 Å². The highest BCUT2D eigenvalue weighted by Crippen LogP contribution is 2.66. The molecule has 2 fully saturated rings. The molecule has 0 spiro atoms. The number of nitrogens with two attached hydrogens (primary N) is 1. The molecule has 0 aromatic heterocycles. The number of ketones is 2. The number of hydrogen-bond acceptors (Lipinski definition) is 7. The van der Waals surface area contributed by atoms with Crippen molar-refractivity contribution in [2.24, 2.45) is 40.2 Å². The number of fused-ring (bicyclic) bond motifs is 3. The lowest BCUT2D eigenvalue weighted by molar-refractivity contribution is -0.265. The molecule has 2 aromatic rings. The number of aromatic hydroxyl groups is 1. The van der Waals surface area contributed by atoms with Gasteiger partial charge in [-0.25, -0.2) is 4.39 Å². The molecule has 0 heterocycles. The summed E-state index contributed by atoms with van der Waals surface area (Å²) in [6.45, 7) is 11.1. The third kappa shape index (κ3) is 4.38. The van der Waals surface area contributed by atoms with Crippen LogP contribution in [0, 0.1) is 40.3 Å². The van der Waals surface area contributed by atoms with Crippen LogP contribution in [0.1, 0.15) is 86.5 Å². The summed E-state index contributed by atoms with van der Waals surface area (Å²) in [6, 6.07) is 7.63. The number of amides is 1. The molecule has 6 N–H and O–H groups in total. The number of primary amides is 1. The van der Waals surface area contributed by atoms with E-state index in [0.717, 1.165) is 5.56 Å². The first-order chi connectivity index (χ1) is 20.4. The number of hydrogen-bond donors (Lipinski definition) is 5. The number of benzene rings is 2. The standard InChI is InChI=1S/C35H42FNO7/c1-16(2)21-13-19(10-7-18-8-11-20(36)12-9-18)27(38)23-22(21)14-33(5)15-34(6)25(17(3)4)29(40)24(32(37)43)30(41)35(34,44)31(42)26(33)28(23)39/h7-13,16-17,24-26,29,31,38,40,42,44H,14-15H2,1-6H3,(H2,37,43)/t24-,25+,26-,29?,31?,33-,34-,35+/m1/s1. The van der Waals surface area contributed by atoms with Crippen LogP contribution in [0.5, 0.6) is 5.75 Å². The number of aliphatic hydroxyl groups excluding tert-OH is 2. The summed E-state index contributed by atoms with van der Waals surface area (Å²) < 4.78 is 13.4. The van der Waals surface area contributed by atoms with E-state index < -0.39 is 63.9 Å². The first-order valence-electron chi connectivity index (χ1n) is 15.2. The molecule has 8 nitrogen and oxygen atoms in total. The third-order valence-electron chi connectivity index (χ3n) is 10.8. The van der Waals surface area contributed by atoms with Crippen molar-refractivity contribution in [3.05, 3.63) is 64.0 Å². The first kappa shape index (κ1) is 32.0. The van der Waals surface area contributed by atoms with E-state index in [1.807, 2.05) is 40.7 Å². The molecule has 5 rings (SSSR count). The maximum Gasteiger partial charge on any atom is 0.230 e. The summed E-state index contributed by atoms with van der Waals surface area (Å²) in [5.74, 6) is -7.70. The monoisotopic (exact) mass is 607 g/mol. The SMILES string of the molecule is CC(C)c1cc(C=Cc2ccc(F)cc2)c(O)c2c1C[C@]1(C)C[C@]3(C)[C@@H](C(C)C)C(O)[C@@H](C(N)=O)C(=O)[C@]3(O)C(O)[C@H]1C2=O. The second kappa shape index (κ2) is 10.6. The molecule has 2 unspecified atom stereocenters. The number of phenols is 1. The topological polar surface area (TPSA) is 158 Å². The number of carbonyl (C=O) groups is 3. The van der Waals surface area contributed by atoms with Crippen molar-refractivity contribution in [2.75, 3.05) is 0 Å². The Morgan fingerprint density at radius 1 is 1.07 bits per heavy atom. The van der Waals surface area contributed by atoms with Crippen molar-refractivity contribution >= 4 is 29.6 Å². The van der Waals surface area contributed by atoms with Crippen molar-refractivity contribution in [2.45, 2.75) is 78.1 Å². The number of halogens is 1. The van der Waals surface area contributed by atoms with Gasteiger partial charge in [0.05, 0.1) is 17.6 Å². The van der Waals surface area contributed by atoms with E-state index in [1.165, 1.54) is 12.1 Å². The second-order valence-corrected chi connectivity index (χ2v) is 14.3. The molecule has 2 aromatic carbocycles. The van der Waals surface area contributed by atoms with E-state index in [0.29, 0.717) is 16.7 Å².